The molecule has 0 aromatic heterocycles. The van der Waals surface area contributed by atoms with Crippen LogP contribution in [0.1, 0.15) is 27.4 Å². The Hall–Kier alpha value is -4.11. The van der Waals surface area contributed by atoms with Crippen LogP contribution in [-0.4, -0.2) is 5.97 Å². The minimum absolute atomic E-state index is 0.111. The molecule has 6 heteroatoms. The van der Waals surface area contributed by atoms with Gasteiger partial charge in [-0.1, -0.05) is 42.5 Å². The predicted octanol–water partition coefficient (Wildman–Crippen LogP) is 4.26. The van der Waals surface area contributed by atoms with E-state index in [0.717, 1.165) is 0 Å². The van der Waals surface area contributed by atoms with Crippen molar-refractivity contribution in [2.45, 2.75) is 5.92 Å². The van der Waals surface area contributed by atoms with E-state index in [-0.39, 0.29) is 17.2 Å². The van der Waals surface area contributed by atoms with Crippen LogP contribution < -0.4 is 15.2 Å². The van der Waals surface area contributed by atoms with E-state index in [1.54, 1.807) is 60.7 Å². The summed E-state index contributed by atoms with van der Waals surface area (Å²) in [6.45, 7) is 0. The number of rotatable bonds is 3. The highest BCUT2D eigenvalue weighted by atomic mass is 19.1. The van der Waals surface area contributed by atoms with Crippen LogP contribution >= 0.6 is 0 Å². The summed E-state index contributed by atoms with van der Waals surface area (Å²) >= 11 is 0. The molecule has 29 heavy (non-hydrogen) atoms. The quantitative estimate of drug-likeness (QED) is 0.537. The van der Waals surface area contributed by atoms with Gasteiger partial charge in [0.2, 0.25) is 5.88 Å². The summed E-state index contributed by atoms with van der Waals surface area (Å²) in [5, 5.41) is 9.55. The molecule has 1 heterocycles. The fourth-order valence-electron chi connectivity index (χ4n) is 3.27. The second-order valence-electron chi connectivity index (χ2n) is 6.40. The van der Waals surface area contributed by atoms with Crippen molar-refractivity contribution < 1.29 is 18.7 Å². The summed E-state index contributed by atoms with van der Waals surface area (Å²) in [6, 6.07) is 21.5. The number of allylic oxidation sites excluding steroid dienone is 1. The van der Waals surface area contributed by atoms with E-state index < -0.39 is 17.7 Å². The van der Waals surface area contributed by atoms with Gasteiger partial charge in [-0.3, -0.25) is 0 Å². The Morgan fingerprint density at radius 2 is 1.76 bits per heavy atom. The summed E-state index contributed by atoms with van der Waals surface area (Å²) in [5.41, 5.74) is 7.32. The maximum Gasteiger partial charge on any atom is 0.343 e. The van der Waals surface area contributed by atoms with Crippen molar-refractivity contribution in [3.05, 3.63) is 107 Å². The van der Waals surface area contributed by atoms with Crippen LogP contribution in [0, 0.1) is 17.1 Å². The first kappa shape index (κ1) is 18.3. The normalized spacial score (nSPS) is 15.1. The lowest BCUT2D eigenvalue weighted by Crippen LogP contribution is -2.21. The molecule has 0 bridgehead atoms. The van der Waals surface area contributed by atoms with Crippen LogP contribution in [0.4, 0.5) is 4.39 Å². The van der Waals surface area contributed by atoms with E-state index in [9.17, 15) is 14.4 Å². The summed E-state index contributed by atoms with van der Waals surface area (Å²) in [6.07, 6.45) is 0. The fraction of sp³-hybridized carbons (Fsp3) is 0.0435. The van der Waals surface area contributed by atoms with Crippen LogP contribution in [0.5, 0.6) is 11.5 Å². The Balaban J connectivity index is 1.73. The smallest absolute Gasteiger partial charge is 0.343 e. The zero-order valence-corrected chi connectivity index (χ0v) is 15.1. The minimum atomic E-state index is -0.719. The van der Waals surface area contributed by atoms with Gasteiger partial charge in [0.1, 0.15) is 29.0 Å². The SMILES string of the molecule is N#CC1=C(N)Oc2cc(OC(=O)c3ccccc3)ccc2C1c1ccccc1F. The molecule has 3 aromatic rings. The summed E-state index contributed by atoms with van der Waals surface area (Å²) in [5.74, 6) is -1.26. The molecule has 2 N–H and O–H groups in total. The molecule has 0 radical (unpaired) electrons. The van der Waals surface area contributed by atoms with Gasteiger partial charge in [-0.05, 0) is 24.3 Å². The molecule has 1 atom stereocenters. The molecule has 142 valence electrons. The first-order valence-electron chi connectivity index (χ1n) is 8.81. The highest BCUT2D eigenvalue weighted by Crippen LogP contribution is 2.44. The standard InChI is InChI=1S/C23H15FN2O3/c24-19-9-5-4-8-16(19)21-17-11-10-15(12-20(17)29-22(26)18(21)13-25)28-23(27)14-6-2-1-3-7-14/h1-12,21H,26H2. The largest absolute Gasteiger partial charge is 0.440 e. The van der Waals surface area contributed by atoms with E-state index in [0.29, 0.717) is 22.4 Å². The zero-order valence-electron chi connectivity index (χ0n) is 15.1. The van der Waals surface area contributed by atoms with Crippen LogP contribution in [0.2, 0.25) is 0 Å². The van der Waals surface area contributed by atoms with Gasteiger partial charge in [0.05, 0.1) is 11.5 Å². The molecule has 5 nitrogen and oxygen atoms in total. The van der Waals surface area contributed by atoms with E-state index in [1.807, 2.05) is 6.07 Å². The third-order valence-electron chi connectivity index (χ3n) is 4.63. The first-order valence-corrected chi connectivity index (χ1v) is 8.81. The number of esters is 1. The number of nitrogens with two attached hydrogens (primary N) is 1. The highest BCUT2D eigenvalue weighted by molar-refractivity contribution is 5.91. The third-order valence-corrected chi connectivity index (χ3v) is 4.63. The Bertz CT molecular complexity index is 1170. The summed E-state index contributed by atoms with van der Waals surface area (Å²) in [7, 11) is 0. The highest BCUT2D eigenvalue weighted by Gasteiger charge is 2.32. The molecule has 1 aliphatic rings. The topological polar surface area (TPSA) is 85.3 Å². The van der Waals surface area contributed by atoms with Gasteiger partial charge in [-0.2, -0.15) is 5.26 Å². The molecule has 4 rings (SSSR count). The lowest BCUT2D eigenvalue weighted by molar-refractivity contribution is 0.0734. The number of hydrogen-bond acceptors (Lipinski definition) is 5. The number of nitriles is 1. The number of halogens is 1. The average molecular weight is 386 g/mol. The number of carbonyl (C=O) groups excluding carboxylic acids is 1. The maximum atomic E-state index is 14.5. The molecule has 0 amide bonds. The van der Waals surface area contributed by atoms with Crippen molar-refractivity contribution >= 4 is 5.97 Å². The molecule has 1 unspecified atom stereocenters. The van der Waals surface area contributed by atoms with Gasteiger partial charge in [0.15, 0.2) is 0 Å². The molecule has 0 fully saturated rings. The lowest BCUT2D eigenvalue weighted by atomic mass is 9.83. The van der Waals surface area contributed by atoms with E-state index in [2.05, 4.69) is 0 Å². The molecule has 3 aromatic carbocycles. The van der Waals surface area contributed by atoms with Gasteiger partial charge in [-0.25, -0.2) is 9.18 Å². The summed E-state index contributed by atoms with van der Waals surface area (Å²) in [4.78, 5) is 12.3. The van der Waals surface area contributed by atoms with E-state index in [1.165, 1.54) is 12.1 Å². The Kier molecular flexibility index (Phi) is 4.71. The van der Waals surface area contributed by atoms with E-state index in [4.69, 9.17) is 15.2 Å². The predicted molar refractivity (Wildman–Crippen MR) is 104 cm³/mol. The number of nitrogens with zero attached hydrogens (tertiary/aromatic N) is 1. The van der Waals surface area contributed by atoms with Gasteiger partial charge in [0.25, 0.3) is 0 Å². The van der Waals surface area contributed by atoms with Gasteiger partial charge >= 0.3 is 5.97 Å². The Labute approximate surface area is 166 Å². The minimum Gasteiger partial charge on any atom is -0.440 e. The number of carbonyl (C=O) groups is 1. The average Bonchev–Trinajstić information content (AvgIpc) is 2.74. The second kappa shape index (κ2) is 7.49. The lowest BCUT2D eigenvalue weighted by Gasteiger charge is -2.27. The third kappa shape index (κ3) is 3.42. The molecule has 0 aliphatic carbocycles. The Morgan fingerprint density at radius 3 is 2.48 bits per heavy atom. The molecule has 0 spiro atoms. The fourth-order valence-corrected chi connectivity index (χ4v) is 3.27. The first-order chi connectivity index (χ1) is 14.1. The van der Waals surface area contributed by atoms with Gasteiger partial charge in [-0.15, -0.1) is 0 Å². The number of hydrogen-bond donors (Lipinski definition) is 1. The van der Waals surface area contributed by atoms with Crippen molar-refractivity contribution in [2.24, 2.45) is 5.73 Å². The second-order valence-corrected chi connectivity index (χ2v) is 6.40. The monoisotopic (exact) mass is 386 g/mol. The molecular formula is C23H15FN2O3. The van der Waals surface area contributed by atoms with Crippen molar-refractivity contribution in [1.82, 2.24) is 0 Å². The van der Waals surface area contributed by atoms with Crippen molar-refractivity contribution in [2.75, 3.05) is 0 Å². The van der Waals surface area contributed by atoms with Crippen molar-refractivity contribution in [1.29, 1.82) is 5.26 Å². The maximum absolute atomic E-state index is 14.5. The van der Waals surface area contributed by atoms with Gasteiger partial charge < -0.3 is 15.2 Å². The van der Waals surface area contributed by atoms with Crippen LogP contribution in [0.25, 0.3) is 0 Å². The molecule has 0 saturated heterocycles. The van der Waals surface area contributed by atoms with Crippen molar-refractivity contribution in [3.63, 3.8) is 0 Å². The Morgan fingerprint density at radius 1 is 1.03 bits per heavy atom. The molecular weight excluding hydrogens is 371 g/mol. The van der Waals surface area contributed by atoms with Crippen LogP contribution in [-0.2, 0) is 0 Å². The summed E-state index contributed by atoms with van der Waals surface area (Å²) < 4.78 is 25.4. The number of benzene rings is 3. The van der Waals surface area contributed by atoms with Crippen molar-refractivity contribution in [3.8, 4) is 17.6 Å². The molecule has 1 aliphatic heterocycles. The molecule has 0 saturated carbocycles. The van der Waals surface area contributed by atoms with Crippen LogP contribution in [0.3, 0.4) is 0 Å². The number of ether oxygens (including phenoxy) is 2. The number of fused-ring (bicyclic) bond motifs is 1. The van der Waals surface area contributed by atoms with Crippen LogP contribution in [0.15, 0.2) is 84.3 Å². The van der Waals surface area contributed by atoms with E-state index >= 15 is 0 Å². The zero-order chi connectivity index (χ0) is 20.4. The van der Waals surface area contributed by atoms with Gasteiger partial charge in [0, 0.05) is 17.2 Å².